The fourth-order valence-electron chi connectivity index (χ4n) is 4.24. The Hall–Kier alpha value is -2.66. The van der Waals surface area contributed by atoms with Crippen LogP contribution in [-0.2, 0) is 16.2 Å². The number of aromatic nitrogens is 1. The van der Waals surface area contributed by atoms with Crippen molar-refractivity contribution in [2.45, 2.75) is 32.4 Å². The second-order valence-corrected chi connectivity index (χ2v) is 7.11. The van der Waals surface area contributed by atoms with Crippen LogP contribution in [0.1, 0.15) is 25.8 Å². The predicted octanol–water partition coefficient (Wildman–Crippen LogP) is 3.79. The van der Waals surface area contributed by atoms with Gasteiger partial charge in [0.1, 0.15) is 5.71 Å². The maximum absolute atomic E-state index is 11.4. The summed E-state index contributed by atoms with van der Waals surface area (Å²) in [4.78, 5) is 18.7. The number of likely N-dealkylation sites (N-methyl/N-ethyl adjacent to an activating group) is 1. The summed E-state index contributed by atoms with van der Waals surface area (Å²) >= 11 is 0. The minimum atomic E-state index is -0.403. The van der Waals surface area contributed by atoms with Crippen molar-refractivity contribution in [3.8, 4) is 0 Å². The lowest BCUT2D eigenvalue weighted by Crippen LogP contribution is -2.56. The van der Waals surface area contributed by atoms with Crippen LogP contribution in [0.25, 0.3) is 21.8 Å². The van der Waals surface area contributed by atoms with Crippen molar-refractivity contribution in [1.82, 2.24) is 9.47 Å². The first-order valence-electron chi connectivity index (χ1n) is 8.93. The molecule has 0 saturated heterocycles. The van der Waals surface area contributed by atoms with Gasteiger partial charge in [-0.05, 0) is 26.6 Å². The number of rotatable bonds is 3. The molecule has 0 spiro atoms. The van der Waals surface area contributed by atoms with Crippen molar-refractivity contribution in [2.24, 2.45) is 5.16 Å². The summed E-state index contributed by atoms with van der Waals surface area (Å²) in [5, 5.41) is 6.78. The Kier molecular flexibility index (Phi) is 3.84. The van der Waals surface area contributed by atoms with Gasteiger partial charge in [-0.15, -0.1) is 0 Å². The van der Waals surface area contributed by atoms with Crippen molar-refractivity contribution in [3.63, 3.8) is 0 Å². The summed E-state index contributed by atoms with van der Waals surface area (Å²) in [5.41, 5.74) is 3.88. The molecular weight excluding hydrogens is 326 g/mol. The second-order valence-electron chi connectivity index (χ2n) is 7.11. The maximum Gasteiger partial charge on any atom is 0.331 e. The van der Waals surface area contributed by atoms with E-state index in [2.05, 4.69) is 78.1 Å². The van der Waals surface area contributed by atoms with Crippen molar-refractivity contribution >= 4 is 33.5 Å². The van der Waals surface area contributed by atoms with Crippen molar-refractivity contribution in [2.75, 3.05) is 14.1 Å². The first kappa shape index (κ1) is 16.8. The third kappa shape index (κ3) is 2.20. The Bertz CT molecular complexity index is 1050. The predicted molar refractivity (Wildman–Crippen MR) is 104 cm³/mol. The summed E-state index contributed by atoms with van der Waals surface area (Å²) in [6.07, 6.45) is 0.850. The molecule has 1 unspecified atom stereocenters. The highest BCUT2D eigenvalue weighted by atomic mass is 16.7. The zero-order valence-corrected chi connectivity index (χ0v) is 15.6. The summed E-state index contributed by atoms with van der Waals surface area (Å²) in [7, 11) is 4.12. The molecule has 2 aromatic carbocycles. The van der Waals surface area contributed by atoms with Gasteiger partial charge in [0.05, 0.1) is 11.1 Å². The van der Waals surface area contributed by atoms with Crippen molar-refractivity contribution in [3.05, 3.63) is 48.0 Å². The summed E-state index contributed by atoms with van der Waals surface area (Å²) in [6.45, 7) is 4.30. The first-order chi connectivity index (χ1) is 12.5. The smallest absolute Gasteiger partial charge is 0.331 e. The number of carbonyl (C=O) groups is 1. The number of fused-ring (bicyclic) bond motifs is 3. The van der Waals surface area contributed by atoms with Crippen LogP contribution in [0.15, 0.2) is 47.6 Å². The van der Waals surface area contributed by atoms with Gasteiger partial charge in [-0.25, -0.2) is 4.79 Å². The molecule has 4 rings (SSSR count). The molecule has 1 atom stereocenters. The topological polar surface area (TPSA) is 46.8 Å². The number of para-hydroxylation sites is 2. The van der Waals surface area contributed by atoms with E-state index >= 15 is 0 Å². The molecule has 0 amide bonds. The van der Waals surface area contributed by atoms with Crippen LogP contribution < -0.4 is 0 Å². The lowest BCUT2D eigenvalue weighted by molar-refractivity contribution is -0.141. The Balaban J connectivity index is 2.11. The van der Waals surface area contributed by atoms with E-state index in [4.69, 9.17) is 4.84 Å². The zero-order valence-electron chi connectivity index (χ0n) is 15.6. The second kappa shape index (κ2) is 5.95. The average Bonchev–Trinajstić information content (AvgIpc) is 2.95. The number of oxime groups is 1. The van der Waals surface area contributed by atoms with E-state index < -0.39 is 5.97 Å². The molecule has 1 aliphatic heterocycles. The van der Waals surface area contributed by atoms with Gasteiger partial charge in [0.15, 0.2) is 0 Å². The molecule has 26 heavy (non-hydrogen) atoms. The summed E-state index contributed by atoms with van der Waals surface area (Å²) in [5.74, 6) is -0.403. The lowest BCUT2D eigenvalue weighted by atomic mass is 9.81. The van der Waals surface area contributed by atoms with E-state index in [1.54, 1.807) is 0 Å². The van der Waals surface area contributed by atoms with Crippen LogP contribution in [0.3, 0.4) is 0 Å². The highest BCUT2D eigenvalue weighted by molar-refractivity contribution is 6.21. The molecule has 5 heteroatoms. The highest BCUT2D eigenvalue weighted by Gasteiger charge is 2.43. The highest BCUT2D eigenvalue weighted by Crippen LogP contribution is 2.40. The number of nitrogens with zero attached hydrogens (tertiary/aromatic N) is 3. The van der Waals surface area contributed by atoms with E-state index in [-0.39, 0.29) is 5.54 Å². The Morgan fingerprint density at radius 1 is 1.19 bits per heavy atom. The standard InChI is InChI=1S/C21H23N3O2/c1-5-21(23(3)4)13-24-18-12-7-6-9-15(18)16-10-8-11-17(19(16)24)20(21)22-26-14(2)25/h6-12H,5,13H2,1-4H3/b22-20-. The van der Waals surface area contributed by atoms with Gasteiger partial charge in [-0.3, -0.25) is 4.90 Å². The Morgan fingerprint density at radius 3 is 2.62 bits per heavy atom. The van der Waals surface area contributed by atoms with Crippen molar-refractivity contribution < 1.29 is 9.63 Å². The largest absolute Gasteiger partial charge is 0.338 e. The van der Waals surface area contributed by atoms with Gasteiger partial charge in [-0.2, -0.15) is 0 Å². The molecular formula is C21H23N3O2. The number of hydrogen-bond donors (Lipinski definition) is 0. The summed E-state index contributed by atoms with van der Waals surface area (Å²) in [6, 6.07) is 14.8. The van der Waals surface area contributed by atoms with Crippen LogP contribution in [-0.4, -0.2) is 40.8 Å². The van der Waals surface area contributed by atoms with Crippen LogP contribution in [0.5, 0.6) is 0 Å². The van der Waals surface area contributed by atoms with E-state index in [0.29, 0.717) is 0 Å². The van der Waals surface area contributed by atoms with E-state index in [9.17, 15) is 4.79 Å². The van der Waals surface area contributed by atoms with Gasteiger partial charge >= 0.3 is 5.97 Å². The molecule has 0 saturated carbocycles. The van der Waals surface area contributed by atoms with E-state index in [1.807, 2.05) is 0 Å². The Morgan fingerprint density at radius 2 is 1.92 bits per heavy atom. The van der Waals surface area contributed by atoms with Gasteiger partial charge in [-0.1, -0.05) is 48.5 Å². The average molecular weight is 349 g/mol. The molecule has 0 fully saturated rings. The van der Waals surface area contributed by atoms with E-state index in [0.717, 1.165) is 29.8 Å². The quantitative estimate of drug-likeness (QED) is 0.534. The molecule has 2 heterocycles. The summed E-state index contributed by atoms with van der Waals surface area (Å²) < 4.78 is 2.39. The minimum absolute atomic E-state index is 0.349. The molecule has 1 aromatic heterocycles. The zero-order chi connectivity index (χ0) is 18.5. The molecule has 0 radical (unpaired) electrons. The number of carbonyl (C=O) groups excluding carboxylic acids is 1. The fourth-order valence-corrected chi connectivity index (χ4v) is 4.24. The molecule has 0 aliphatic carbocycles. The Labute approximate surface area is 152 Å². The van der Waals surface area contributed by atoms with Gasteiger partial charge < -0.3 is 9.40 Å². The minimum Gasteiger partial charge on any atom is -0.338 e. The van der Waals surface area contributed by atoms with Crippen LogP contribution >= 0.6 is 0 Å². The van der Waals surface area contributed by atoms with Crippen LogP contribution in [0.4, 0.5) is 0 Å². The lowest BCUT2D eigenvalue weighted by Gasteiger charge is -2.43. The molecule has 1 aliphatic rings. The van der Waals surface area contributed by atoms with Gasteiger partial charge in [0.2, 0.25) is 0 Å². The SMILES string of the molecule is CCC1(N(C)C)Cn2c3ccccc3c3cccc(c32)/C1=N/OC(C)=O. The first-order valence-corrected chi connectivity index (χ1v) is 8.93. The monoisotopic (exact) mass is 349 g/mol. The van der Waals surface area contributed by atoms with Crippen LogP contribution in [0.2, 0.25) is 0 Å². The third-order valence-corrected chi connectivity index (χ3v) is 5.61. The van der Waals surface area contributed by atoms with Gasteiger partial charge in [0.25, 0.3) is 0 Å². The van der Waals surface area contributed by atoms with Crippen LogP contribution in [0, 0.1) is 0 Å². The normalized spacial score (nSPS) is 21.0. The molecule has 0 N–H and O–H groups in total. The number of hydrogen-bond acceptors (Lipinski definition) is 4. The fraction of sp³-hybridized carbons (Fsp3) is 0.333. The van der Waals surface area contributed by atoms with Crippen molar-refractivity contribution in [1.29, 1.82) is 0 Å². The molecule has 134 valence electrons. The maximum atomic E-state index is 11.4. The van der Waals surface area contributed by atoms with Gasteiger partial charge in [0, 0.05) is 35.3 Å². The molecule has 0 bridgehead atoms. The third-order valence-electron chi connectivity index (χ3n) is 5.61. The number of benzene rings is 2. The molecule has 5 nitrogen and oxygen atoms in total. The molecule has 3 aromatic rings. The van der Waals surface area contributed by atoms with E-state index in [1.165, 1.54) is 23.2 Å².